The molecule has 2 aromatic heterocycles. The van der Waals surface area contributed by atoms with Crippen molar-refractivity contribution in [2.45, 2.75) is 71.4 Å². The first kappa shape index (κ1) is 20.4. The minimum atomic E-state index is -0.229. The van der Waals surface area contributed by atoms with Gasteiger partial charge >= 0.3 is 0 Å². The molecular weight excluding hydrogens is 388 g/mol. The fraction of sp³-hybridized carbons (Fsp3) is 0.583. The number of H-pyrrole nitrogens is 1. The molecule has 0 amide bonds. The number of rotatable bonds is 4. The van der Waals surface area contributed by atoms with E-state index in [0.29, 0.717) is 12.0 Å². The second-order valence-corrected chi connectivity index (χ2v) is 9.59. The van der Waals surface area contributed by atoms with E-state index in [2.05, 4.69) is 64.4 Å². The largest absolute Gasteiger partial charge is 0.321 e. The molecule has 1 aliphatic heterocycles. The number of aromatic amines is 1. The summed E-state index contributed by atoms with van der Waals surface area (Å²) in [5, 5.41) is 14.0. The molecule has 0 spiro atoms. The van der Waals surface area contributed by atoms with Crippen LogP contribution in [-0.4, -0.2) is 43.2 Å². The van der Waals surface area contributed by atoms with Crippen molar-refractivity contribution in [2.75, 3.05) is 13.1 Å². The molecule has 1 N–H and O–H groups in total. The van der Waals surface area contributed by atoms with Gasteiger partial charge in [0, 0.05) is 12.1 Å². The Morgan fingerprint density at radius 2 is 1.94 bits per heavy atom. The van der Waals surface area contributed by atoms with Crippen molar-refractivity contribution in [3.05, 3.63) is 51.1 Å². The number of fused-ring (bicyclic) bond motifs is 1. The fourth-order valence-electron chi connectivity index (χ4n) is 5.49. The van der Waals surface area contributed by atoms with E-state index in [1.54, 1.807) is 0 Å². The number of hydrogen-bond acceptors (Lipinski definition) is 5. The molecule has 7 nitrogen and oxygen atoms in total. The molecule has 3 heterocycles. The van der Waals surface area contributed by atoms with E-state index in [-0.39, 0.29) is 11.6 Å². The molecule has 0 unspecified atom stereocenters. The number of aromatic nitrogens is 5. The SMILES string of the molecule is Cc1ccc2cc([C@@H](c3nnnn3C3CCCC3)N3CCC[C@H](C)C3)c(=O)[nH]c2c1C. The molecule has 0 bridgehead atoms. The van der Waals surface area contributed by atoms with Gasteiger partial charge in [-0.2, -0.15) is 0 Å². The summed E-state index contributed by atoms with van der Waals surface area (Å²) in [4.78, 5) is 19.0. The lowest BCUT2D eigenvalue weighted by atomic mass is 9.95. The van der Waals surface area contributed by atoms with Gasteiger partial charge in [-0.3, -0.25) is 9.69 Å². The third kappa shape index (κ3) is 3.69. The number of aryl methyl sites for hydroxylation is 2. The molecule has 0 radical (unpaired) electrons. The maximum Gasteiger partial charge on any atom is 0.253 e. The van der Waals surface area contributed by atoms with E-state index in [0.717, 1.165) is 60.2 Å². The van der Waals surface area contributed by atoms with Gasteiger partial charge in [0.15, 0.2) is 5.82 Å². The van der Waals surface area contributed by atoms with Crippen LogP contribution in [0.15, 0.2) is 23.0 Å². The van der Waals surface area contributed by atoms with E-state index in [1.807, 2.05) is 4.68 Å². The molecule has 1 saturated carbocycles. The molecule has 1 saturated heterocycles. The zero-order chi connectivity index (χ0) is 21.5. The number of benzene rings is 1. The van der Waals surface area contributed by atoms with Crippen LogP contribution in [0.3, 0.4) is 0 Å². The van der Waals surface area contributed by atoms with Gasteiger partial charge in [-0.05, 0) is 85.0 Å². The van der Waals surface area contributed by atoms with Gasteiger partial charge < -0.3 is 4.98 Å². The summed E-state index contributed by atoms with van der Waals surface area (Å²) in [7, 11) is 0. The molecule has 3 aromatic rings. The van der Waals surface area contributed by atoms with E-state index in [9.17, 15) is 4.79 Å². The summed E-state index contributed by atoms with van der Waals surface area (Å²) in [5.74, 6) is 1.41. The Labute approximate surface area is 182 Å². The fourth-order valence-corrected chi connectivity index (χ4v) is 5.49. The second kappa shape index (κ2) is 8.19. The first-order chi connectivity index (χ1) is 15.0. The van der Waals surface area contributed by atoms with Crippen LogP contribution in [-0.2, 0) is 0 Å². The molecule has 7 heteroatoms. The van der Waals surface area contributed by atoms with Crippen LogP contribution >= 0.6 is 0 Å². The zero-order valence-corrected chi connectivity index (χ0v) is 18.8. The summed E-state index contributed by atoms with van der Waals surface area (Å²) in [6.07, 6.45) is 6.99. The van der Waals surface area contributed by atoms with Crippen molar-refractivity contribution in [1.82, 2.24) is 30.1 Å². The highest BCUT2D eigenvalue weighted by atomic mass is 16.1. The van der Waals surface area contributed by atoms with Gasteiger partial charge in [0.05, 0.1) is 11.6 Å². The zero-order valence-electron chi connectivity index (χ0n) is 18.8. The molecule has 1 aliphatic carbocycles. The minimum absolute atomic E-state index is 0.0367. The standard InChI is InChI=1S/C24H32N6O/c1-15-7-6-12-29(14-15)22(23-26-27-28-30(23)19-8-4-5-9-19)20-13-18-11-10-16(2)17(3)21(18)25-24(20)31/h10-11,13,15,19,22H,4-9,12,14H2,1-3H3,(H,25,31)/t15-,22-/m0/s1. The molecular formula is C24H32N6O. The van der Waals surface area contributed by atoms with Crippen molar-refractivity contribution < 1.29 is 0 Å². The Kier molecular flexibility index (Phi) is 5.38. The third-order valence-corrected chi connectivity index (χ3v) is 7.36. The number of pyridine rings is 1. The van der Waals surface area contributed by atoms with Gasteiger partial charge in [0.2, 0.25) is 0 Å². The number of hydrogen-bond donors (Lipinski definition) is 1. The van der Waals surface area contributed by atoms with Crippen molar-refractivity contribution in [1.29, 1.82) is 0 Å². The Hall–Kier alpha value is -2.54. The van der Waals surface area contributed by atoms with E-state index in [1.165, 1.54) is 24.8 Å². The summed E-state index contributed by atoms with van der Waals surface area (Å²) in [5.41, 5.74) is 3.95. The normalized spacial score (nSPS) is 21.7. The predicted octanol–water partition coefficient (Wildman–Crippen LogP) is 4.07. The highest BCUT2D eigenvalue weighted by molar-refractivity contribution is 5.83. The lowest BCUT2D eigenvalue weighted by Crippen LogP contribution is -2.41. The summed E-state index contributed by atoms with van der Waals surface area (Å²) >= 11 is 0. The van der Waals surface area contributed by atoms with E-state index >= 15 is 0 Å². The average Bonchev–Trinajstić information content (AvgIpc) is 3.44. The van der Waals surface area contributed by atoms with Crippen molar-refractivity contribution >= 4 is 10.9 Å². The first-order valence-corrected chi connectivity index (χ1v) is 11.7. The average molecular weight is 421 g/mol. The van der Waals surface area contributed by atoms with Gasteiger partial charge in [-0.15, -0.1) is 5.10 Å². The van der Waals surface area contributed by atoms with Crippen LogP contribution < -0.4 is 5.56 Å². The smallest absolute Gasteiger partial charge is 0.253 e. The van der Waals surface area contributed by atoms with E-state index < -0.39 is 0 Å². The van der Waals surface area contributed by atoms with Crippen LogP contribution in [0.1, 0.15) is 80.0 Å². The van der Waals surface area contributed by atoms with Gasteiger partial charge in [0.25, 0.3) is 5.56 Å². The van der Waals surface area contributed by atoms with Crippen LogP contribution in [0.2, 0.25) is 0 Å². The number of nitrogens with zero attached hydrogens (tertiary/aromatic N) is 5. The molecule has 1 aromatic carbocycles. The van der Waals surface area contributed by atoms with Crippen molar-refractivity contribution in [3.63, 3.8) is 0 Å². The number of nitrogens with one attached hydrogen (secondary N) is 1. The van der Waals surface area contributed by atoms with Gasteiger partial charge in [-0.25, -0.2) is 4.68 Å². The Morgan fingerprint density at radius 1 is 1.13 bits per heavy atom. The molecule has 2 aliphatic rings. The summed E-state index contributed by atoms with van der Waals surface area (Å²) < 4.78 is 2.01. The monoisotopic (exact) mass is 420 g/mol. The second-order valence-electron chi connectivity index (χ2n) is 9.59. The maximum absolute atomic E-state index is 13.4. The molecule has 164 valence electrons. The summed E-state index contributed by atoms with van der Waals surface area (Å²) in [6, 6.07) is 6.40. The third-order valence-electron chi connectivity index (χ3n) is 7.36. The molecule has 31 heavy (non-hydrogen) atoms. The molecule has 2 atom stereocenters. The number of likely N-dealkylation sites (tertiary alicyclic amines) is 1. The predicted molar refractivity (Wildman–Crippen MR) is 121 cm³/mol. The van der Waals surface area contributed by atoms with Crippen LogP contribution in [0.5, 0.6) is 0 Å². The van der Waals surface area contributed by atoms with Crippen LogP contribution in [0.25, 0.3) is 10.9 Å². The Morgan fingerprint density at radius 3 is 2.71 bits per heavy atom. The topological polar surface area (TPSA) is 79.7 Å². The Bertz CT molecular complexity index is 1140. The summed E-state index contributed by atoms with van der Waals surface area (Å²) in [6.45, 7) is 8.34. The first-order valence-electron chi connectivity index (χ1n) is 11.7. The van der Waals surface area contributed by atoms with E-state index in [4.69, 9.17) is 0 Å². The lowest BCUT2D eigenvalue weighted by Gasteiger charge is -2.36. The quantitative estimate of drug-likeness (QED) is 0.688. The minimum Gasteiger partial charge on any atom is -0.321 e. The number of tetrazole rings is 1. The Balaban J connectivity index is 1.67. The maximum atomic E-state index is 13.4. The van der Waals surface area contributed by atoms with Gasteiger partial charge in [-0.1, -0.05) is 31.9 Å². The van der Waals surface area contributed by atoms with Crippen LogP contribution in [0.4, 0.5) is 0 Å². The molecule has 5 rings (SSSR count). The lowest BCUT2D eigenvalue weighted by molar-refractivity contribution is 0.139. The van der Waals surface area contributed by atoms with Crippen molar-refractivity contribution in [3.8, 4) is 0 Å². The number of piperidine rings is 1. The molecule has 2 fully saturated rings. The highest BCUT2D eigenvalue weighted by Gasteiger charge is 2.34. The van der Waals surface area contributed by atoms with Gasteiger partial charge in [0.1, 0.15) is 6.04 Å². The van der Waals surface area contributed by atoms with Crippen LogP contribution in [0, 0.1) is 19.8 Å². The van der Waals surface area contributed by atoms with Crippen molar-refractivity contribution in [2.24, 2.45) is 5.92 Å². The highest BCUT2D eigenvalue weighted by Crippen LogP contribution is 2.35.